The van der Waals surface area contributed by atoms with Gasteiger partial charge in [0.15, 0.2) is 5.84 Å². The van der Waals surface area contributed by atoms with Crippen LogP contribution >= 0.6 is 15.9 Å². The number of hydrogen-bond acceptors (Lipinski definition) is 5. The molecule has 142 valence electrons. The molecule has 27 heavy (non-hydrogen) atoms. The molecule has 0 bridgehead atoms. The third-order valence-corrected chi connectivity index (χ3v) is 5.72. The maximum Gasteiger partial charge on any atom is 0.171 e. The molecule has 2 aromatic rings. The normalized spacial score (nSPS) is 20.9. The zero-order valence-corrected chi connectivity index (χ0v) is 17.1. The molecule has 6 nitrogen and oxygen atoms in total. The predicted molar refractivity (Wildman–Crippen MR) is 110 cm³/mol. The van der Waals surface area contributed by atoms with Gasteiger partial charge in [0, 0.05) is 18.1 Å². The van der Waals surface area contributed by atoms with Gasteiger partial charge >= 0.3 is 0 Å². The number of fused-ring (bicyclic) bond motifs is 1. The van der Waals surface area contributed by atoms with Crippen molar-refractivity contribution in [2.24, 2.45) is 5.16 Å². The van der Waals surface area contributed by atoms with E-state index in [0.717, 1.165) is 53.2 Å². The highest BCUT2D eigenvalue weighted by Gasteiger charge is 2.31. The third kappa shape index (κ3) is 3.60. The SMILES string of the molecule is COc1cc(C=C2CCCN3C2=NOCC3CBr)ccc1-n1cnc(C)c1. The summed E-state index contributed by atoms with van der Waals surface area (Å²) in [5.74, 6) is 1.78. The Morgan fingerprint density at radius 3 is 3.04 bits per heavy atom. The quantitative estimate of drug-likeness (QED) is 0.692. The molecule has 1 unspecified atom stereocenters. The first-order valence-corrected chi connectivity index (χ1v) is 10.2. The number of halogens is 1. The fraction of sp³-hybridized carbons (Fsp3) is 0.400. The van der Waals surface area contributed by atoms with Gasteiger partial charge in [0.1, 0.15) is 12.4 Å². The molecule has 1 aromatic heterocycles. The fourth-order valence-electron chi connectivity index (χ4n) is 3.60. The number of piperidine rings is 1. The van der Waals surface area contributed by atoms with Crippen molar-refractivity contribution < 1.29 is 9.57 Å². The van der Waals surface area contributed by atoms with E-state index in [1.807, 2.05) is 17.7 Å². The van der Waals surface area contributed by atoms with Crippen molar-refractivity contribution in [3.8, 4) is 11.4 Å². The number of rotatable bonds is 4. The Balaban J connectivity index is 1.66. The van der Waals surface area contributed by atoms with E-state index in [0.29, 0.717) is 12.6 Å². The summed E-state index contributed by atoms with van der Waals surface area (Å²) < 4.78 is 7.61. The van der Waals surface area contributed by atoms with Crippen LogP contribution in [0.3, 0.4) is 0 Å². The van der Waals surface area contributed by atoms with Crippen LogP contribution in [0.2, 0.25) is 0 Å². The summed E-state index contributed by atoms with van der Waals surface area (Å²) in [6.45, 7) is 3.64. The molecule has 0 N–H and O–H groups in total. The first-order valence-electron chi connectivity index (χ1n) is 9.12. The second-order valence-electron chi connectivity index (χ2n) is 6.84. The van der Waals surface area contributed by atoms with E-state index < -0.39 is 0 Å². The van der Waals surface area contributed by atoms with Crippen LogP contribution in [0.15, 0.2) is 41.5 Å². The average molecular weight is 431 g/mol. The summed E-state index contributed by atoms with van der Waals surface area (Å²) in [4.78, 5) is 12.1. The van der Waals surface area contributed by atoms with Gasteiger partial charge < -0.3 is 19.0 Å². The maximum absolute atomic E-state index is 5.63. The van der Waals surface area contributed by atoms with Gasteiger partial charge in [0.05, 0.1) is 30.9 Å². The summed E-state index contributed by atoms with van der Waals surface area (Å²) >= 11 is 3.59. The van der Waals surface area contributed by atoms with Crippen molar-refractivity contribution in [1.82, 2.24) is 14.5 Å². The van der Waals surface area contributed by atoms with Crippen LogP contribution in [0.25, 0.3) is 11.8 Å². The molecule has 1 atom stereocenters. The first-order chi connectivity index (χ1) is 13.2. The van der Waals surface area contributed by atoms with E-state index in [4.69, 9.17) is 9.57 Å². The molecule has 1 saturated heterocycles. The molecule has 0 amide bonds. The number of methoxy groups -OCH3 is 1. The number of aryl methyl sites for hydroxylation is 1. The second-order valence-corrected chi connectivity index (χ2v) is 7.49. The highest BCUT2D eigenvalue weighted by molar-refractivity contribution is 9.09. The van der Waals surface area contributed by atoms with E-state index >= 15 is 0 Å². The van der Waals surface area contributed by atoms with E-state index in [1.165, 1.54) is 5.57 Å². The first kappa shape index (κ1) is 18.1. The number of hydrogen-bond donors (Lipinski definition) is 0. The number of imidazole rings is 1. The number of alkyl halides is 1. The molecule has 7 heteroatoms. The Morgan fingerprint density at radius 2 is 2.30 bits per heavy atom. The lowest BCUT2D eigenvalue weighted by atomic mass is 9.98. The highest BCUT2D eigenvalue weighted by Crippen LogP contribution is 2.29. The van der Waals surface area contributed by atoms with Gasteiger partial charge in [-0.1, -0.05) is 27.2 Å². The van der Waals surface area contributed by atoms with E-state index in [2.05, 4.69) is 55.2 Å². The number of aromatic nitrogens is 2. The molecule has 1 aromatic carbocycles. The molecule has 3 heterocycles. The lowest BCUT2D eigenvalue weighted by Gasteiger charge is -2.39. The maximum atomic E-state index is 5.63. The Kier molecular flexibility index (Phi) is 5.20. The topological polar surface area (TPSA) is 51.9 Å². The van der Waals surface area contributed by atoms with Crippen molar-refractivity contribution in [2.45, 2.75) is 25.8 Å². The number of ether oxygens (including phenoxy) is 1. The second kappa shape index (κ2) is 7.76. The molecule has 0 aliphatic carbocycles. The van der Waals surface area contributed by atoms with Crippen molar-refractivity contribution in [3.63, 3.8) is 0 Å². The van der Waals surface area contributed by atoms with Gasteiger partial charge in [0.2, 0.25) is 0 Å². The fourth-order valence-corrected chi connectivity index (χ4v) is 4.14. The van der Waals surface area contributed by atoms with Crippen molar-refractivity contribution in [1.29, 1.82) is 0 Å². The summed E-state index contributed by atoms with van der Waals surface area (Å²) in [7, 11) is 1.70. The van der Waals surface area contributed by atoms with Gasteiger partial charge in [-0.3, -0.25) is 0 Å². The van der Waals surface area contributed by atoms with Crippen molar-refractivity contribution in [2.75, 3.05) is 25.6 Å². The summed E-state index contributed by atoms with van der Waals surface area (Å²) in [5, 5.41) is 5.23. The molecule has 0 saturated carbocycles. The average Bonchev–Trinajstić information content (AvgIpc) is 3.13. The number of benzene rings is 1. The van der Waals surface area contributed by atoms with Crippen molar-refractivity contribution >= 4 is 27.8 Å². The van der Waals surface area contributed by atoms with Crippen LogP contribution in [-0.2, 0) is 4.84 Å². The van der Waals surface area contributed by atoms with Crippen molar-refractivity contribution in [3.05, 3.63) is 47.6 Å². The van der Waals surface area contributed by atoms with Crippen LogP contribution in [0, 0.1) is 6.92 Å². The molecule has 2 aliphatic rings. The number of nitrogens with zero attached hydrogens (tertiary/aromatic N) is 4. The molecule has 0 spiro atoms. The summed E-state index contributed by atoms with van der Waals surface area (Å²) in [6, 6.07) is 6.56. The lowest BCUT2D eigenvalue weighted by Crippen LogP contribution is -2.49. The van der Waals surface area contributed by atoms with E-state index in [1.54, 1.807) is 13.4 Å². The molecule has 4 rings (SSSR count). The molecule has 1 fully saturated rings. The predicted octanol–water partition coefficient (Wildman–Crippen LogP) is 3.78. The van der Waals surface area contributed by atoms with Crippen LogP contribution in [-0.4, -0.2) is 51.9 Å². The zero-order valence-electron chi connectivity index (χ0n) is 15.6. The smallest absolute Gasteiger partial charge is 0.171 e. The Labute approximate surface area is 167 Å². The van der Waals surface area contributed by atoms with E-state index in [9.17, 15) is 0 Å². The third-order valence-electron chi connectivity index (χ3n) is 4.98. The van der Waals surface area contributed by atoms with Crippen LogP contribution in [0.1, 0.15) is 24.1 Å². The van der Waals surface area contributed by atoms with E-state index in [-0.39, 0.29) is 0 Å². The van der Waals surface area contributed by atoms with Crippen LogP contribution in [0.4, 0.5) is 0 Å². The molecular formula is C20H23BrN4O2. The molecule has 2 aliphatic heterocycles. The lowest BCUT2D eigenvalue weighted by molar-refractivity contribution is 0.0670. The number of amidine groups is 1. The largest absolute Gasteiger partial charge is 0.495 e. The summed E-state index contributed by atoms with van der Waals surface area (Å²) in [5.41, 5.74) is 4.25. The van der Waals surface area contributed by atoms with Gasteiger partial charge in [-0.15, -0.1) is 0 Å². The van der Waals surface area contributed by atoms with Crippen LogP contribution < -0.4 is 4.74 Å². The highest BCUT2D eigenvalue weighted by atomic mass is 79.9. The van der Waals surface area contributed by atoms with Gasteiger partial charge in [-0.25, -0.2) is 4.98 Å². The Morgan fingerprint density at radius 1 is 1.41 bits per heavy atom. The Bertz CT molecular complexity index is 890. The minimum atomic E-state index is 0.336. The summed E-state index contributed by atoms with van der Waals surface area (Å²) in [6.07, 6.45) is 8.11. The van der Waals surface area contributed by atoms with Gasteiger partial charge in [-0.05, 0) is 49.1 Å². The standard InChI is InChI=1S/C20H23BrN4O2/c1-14-11-24(13-22-14)18-6-5-15(9-19(18)26-2)8-16-4-3-7-25-17(10-21)12-27-23-20(16)25/h5-6,8-9,11,13,17H,3-4,7,10,12H2,1-2H3. The molecular weight excluding hydrogens is 408 g/mol. The minimum absolute atomic E-state index is 0.336. The van der Waals surface area contributed by atoms with Gasteiger partial charge in [-0.2, -0.15) is 0 Å². The van der Waals surface area contributed by atoms with Crippen LogP contribution in [0.5, 0.6) is 5.75 Å². The zero-order chi connectivity index (χ0) is 18.8. The Hall–Kier alpha value is -2.28. The number of oxime groups is 1. The minimum Gasteiger partial charge on any atom is -0.495 e. The monoisotopic (exact) mass is 430 g/mol. The van der Waals surface area contributed by atoms with Gasteiger partial charge in [0.25, 0.3) is 0 Å². The molecule has 0 radical (unpaired) electrons.